The highest BCUT2D eigenvalue weighted by molar-refractivity contribution is 5.79. The van der Waals surface area contributed by atoms with Gasteiger partial charge in [0.05, 0.1) is 18.6 Å². The molecule has 0 bridgehead atoms. The van der Waals surface area contributed by atoms with Gasteiger partial charge in [0.1, 0.15) is 29.4 Å². The second kappa shape index (κ2) is 9.73. The molecule has 0 aliphatic rings. The molecule has 1 heterocycles. The number of aromatic hydroxyl groups is 1. The zero-order valence-corrected chi connectivity index (χ0v) is 16.9. The number of hydrogen-bond acceptors (Lipinski definition) is 7. The average Bonchev–Trinajstić information content (AvgIpc) is 2.64. The number of phenols is 1. The van der Waals surface area contributed by atoms with Gasteiger partial charge in [-0.2, -0.15) is 0 Å². The summed E-state index contributed by atoms with van der Waals surface area (Å²) >= 11 is 0. The molecule has 3 aromatic rings. The van der Waals surface area contributed by atoms with Crippen molar-refractivity contribution in [2.75, 3.05) is 13.7 Å². The summed E-state index contributed by atoms with van der Waals surface area (Å²) in [5, 5.41) is 11.6. The fourth-order valence-electron chi connectivity index (χ4n) is 2.53. The van der Waals surface area contributed by atoms with E-state index < -0.39 is 10.2 Å². The maximum Gasteiger partial charge on any atom is 0.213 e. The van der Waals surface area contributed by atoms with Crippen molar-refractivity contribution >= 4 is 11.0 Å². The number of fused-ring (bicyclic) bond motifs is 1. The molecule has 0 unspecified atom stereocenters. The van der Waals surface area contributed by atoms with Gasteiger partial charge in [-0.1, -0.05) is 13.8 Å². The van der Waals surface area contributed by atoms with Crippen molar-refractivity contribution in [3.05, 3.63) is 53.9 Å². The first-order chi connectivity index (χ1) is 13.6. The van der Waals surface area contributed by atoms with E-state index in [1.807, 2.05) is 30.3 Å². The molecule has 2 N–H and O–H groups in total. The molecule has 2 aromatic carbocycles. The summed E-state index contributed by atoms with van der Waals surface area (Å²) in [6.45, 7) is 5.16. The Kier molecular flexibility index (Phi) is 7.60. The number of halogens is 1. The number of benzene rings is 2. The SMILES string of the molecule is COc1ccc(-c2cc(=[NH+]CC(C)C)c3cc(O)ccc3o2)cc1.[O-][Cl+3]([O-])([O-])[O-]. The molecule has 156 valence electrons. The predicted octanol–water partition coefficient (Wildman–Crippen LogP) is -2.30. The molecule has 9 heteroatoms. The monoisotopic (exact) mass is 423 g/mol. The standard InChI is InChI=1S/C20H21NO3.ClHO4/c1-13(2)12-21-18-11-20(14-4-7-16(23-3)8-5-14)24-19-9-6-15(22)10-17(18)19;2-1(3,4)5/h4-11,13,22H,12H2,1-3H3;(H,2,3,4,5). The van der Waals surface area contributed by atoms with Crippen molar-refractivity contribution in [2.24, 2.45) is 5.92 Å². The van der Waals surface area contributed by atoms with E-state index in [0.717, 1.165) is 39.9 Å². The van der Waals surface area contributed by atoms with Crippen LogP contribution in [0.25, 0.3) is 22.3 Å². The fraction of sp³-hybridized carbons (Fsp3) is 0.250. The van der Waals surface area contributed by atoms with Crippen LogP contribution in [-0.4, -0.2) is 18.8 Å². The van der Waals surface area contributed by atoms with Gasteiger partial charge in [0.25, 0.3) is 0 Å². The number of hydrogen-bond donors (Lipinski definition) is 2. The summed E-state index contributed by atoms with van der Waals surface area (Å²) in [5.41, 5.74) is 1.70. The van der Waals surface area contributed by atoms with E-state index in [-0.39, 0.29) is 5.75 Å². The summed E-state index contributed by atoms with van der Waals surface area (Å²) < 4.78 is 45.2. The van der Waals surface area contributed by atoms with Crippen molar-refractivity contribution in [1.29, 1.82) is 0 Å². The van der Waals surface area contributed by atoms with Crippen LogP contribution in [0.15, 0.2) is 52.9 Å². The largest absolute Gasteiger partial charge is 0.508 e. The molecule has 0 saturated carbocycles. The first-order valence-corrected chi connectivity index (χ1v) is 9.90. The van der Waals surface area contributed by atoms with Crippen molar-refractivity contribution in [2.45, 2.75) is 13.8 Å². The van der Waals surface area contributed by atoms with Gasteiger partial charge in [-0.3, -0.25) is 0 Å². The molecule has 0 saturated heterocycles. The minimum Gasteiger partial charge on any atom is -0.508 e. The maximum absolute atomic E-state index is 9.79. The molecule has 3 rings (SSSR count). The number of rotatable bonds is 4. The Morgan fingerprint density at radius 3 is 2.21 bits per heavy atom. The lowest BCUT2D eigenvalue weighted by molar-refractivity contribution is -2.00. The number of methoxy groups -OCH3 is 1. The molecule has 0 aliphatic heterocycles. The van der Waals surface area contributed by atoms with Crippen LogP contribution in [0, 0.1) is 16.2 Å². The van der Waals surface area contributed by atoms with E-state index in [1.165, 1.54) is 0 Å². The topological polar surface area (TPSA) is 149 Å². The first kappa shape index (κ1) is 22.7. The third kappa shape index (κ3) is 7.37. The number of ether oxygens (including phenoxy) is 1. The molecule has 0 atom stereocenters. The molecule has 0 radical (unpaired) electrons. The third-order valence-electron chi connectivity index (χ3n) is 3.82. The lowest BCUT2D eigenvalue weighted by atomic mass is 10.1. The van der Waals surface area contributed by atoms with Crippen LogP contribution in [0.1, 0.15) is 13.8 Å². The summed E-state index contributed by atoms with van der Waals surface area (Å²) in [6, 6.07) is 14.9. The quantitative estimate of drug-likeness (QED) is 0.479. The van der Waals surface area contributed by atoms with E-state index in [9.17, 15) is 5.11 Å². The normalized spacial score (nSPS) is 12.1. The molecule has 29 heavy (non-hydrogen) atoms. The highest BCUT2D eigenvalue weighted by Crippen LogP contribution is 2.25. The average molecular weight is 424 g/mol. The van der Waals surface area contributed by atoms with E-state index in [2.05, 4.69) is 18.8 Å². The lowest BCUT2D eigenvalue weighted by Crippen LogP contribution is -2.77. The molecule has 0 amide bonds. The van der Waals surface area contributed by atoms with Crippen LogP contribution in [0.4, 0.5) is 0 Å². The Bertz CT molecular complexity index is 1000. The molecule has 0 aliphatic carbocycles. The Morgan fingerprint density at radius 2 is 1.66 bits per heavy atom. The van der Waals surface area contributed by atoms with Crippen molar-refractivity contribution in [3.8, 4) is 22.8 Å². The summed E-state index contributed by atoms with van der Waals surface area (Å²) in [5.74, 6) is 2.31. The Hall–Kier alpha value is -2.62. The van der Waals surface area contributed by atoms with Gasteiger partial charge in [-0.05, 0) is 42.5 Å². The Morgan fingerprint density at radius 1 is 1.03 bits per heavy atom. The highest BCUT2D eigenvalue weighted by Gasteiger charge is 2.10. The van der Waals surface area contributed by atoms with Crippen molar-refractivity contribution in [3.63, 3.8) is 0 Å². The van der Waals surface area contributed by atoms with Crippen LogP contribution in [0.5, 0.6) is 11.5 Å². The maximum atomic E-state index is 9.79. The summed E-state index contributed by atoms with van der Waals surface area (Å²) in [4.78, 5) is 3.45. The second-order valence-electron chi connectivity index (χ2n) is 6.59. The third-order valence-corrected chi connectivity index (χ3v) is 3.82. The van der Waals surface area contributed by atoms with Crippen LogP contribution in [-0.2, 0) is 0 Å². The molecular weight excluding hydrogens is 402 g/mol. The van der Waals surface area contributed by atoms with Crippen LogP contribution in [0.3, 0.4) is 0 Å². The van der Waals surface area contributed by atoms with Gasteiger partial charge in [-0.25, -0.2) is 23.6 Å². The molecular formula is C20H22ClNO7. The number of phenolic OH excluding ortho intramolecular Hbond substituents is 1. The van der Waals surface area contributed by atoms with Gasteiger partial charge >= 0.3 is 0 Å². The van der Waals surface area contributed by atoms with Crippen molar-refractivity contribution in [1.82, 2.24) is 0 Å². The highest BCUT2D eigenvalue weighted by atomic mass is 35.7. The molecule has 0 spiro atoms. The van der Waals surface area contributed by atoms with Gasteiger partial charge < -0.3 is 14.3 Å². The second-order valence-corrected chi connectivity index (χ2v) is 7.34. The summed E-state index contributed by atoms with van der Waals surface area (Å²) in [6.07, 6.45) is 0. The van der Waals surface area contributed by atoms with E-state index in [0.29, 0.717) is 5.92 Å². The van der Waals surface area contributed by atoms with E-state index in [1.54, 1.807) is 25.3 Å². The van der Waals surface area contributed by atoms with E-state index >= 15 is 0 Å². The van der Waals surface area contributed by atoms with Gasteiger partial charge in [0, 0.05) is 11.5 Å². The molecule has 1 aromatic heterocycles. The zero-order chi connectivity index (χ0) is 21.6. The minimum atomic E-state index is -4.94. The predicted molar refractivity (Wildman–Crippen MR) is 93.7 cm³/mol. The van der Waals surface area contributed by atoms with Gasteiger partial charge in [-0.15, -0.1) is 10.2 Å². The van der Waals surface area contributed by atoms with Gasteiger partial charge in [0.15, 0.2) is 0 Å². The van der Waals surface area contributed by atoms with Crippen LogP contribution in [0.2, 0.25) is 0 Å². The van der Waals surface area contributed by atoms with Crippen LogP contribution < -0.4 is 33.7 Å². The Labute approximate surface area is 169 Å². The molecule has 0 fully saturated rings. The van der Waals surface area contributed by atoms with Crippen LogP contribution >= 0.6 is 0 Å². The summed E-state index contributed by atoms with van der Waals surface area (Å²) in [7, 11) is -3.30. The zero-order valence-electron chi connectivity index (χ0n) is 16.2. The van der Waals surface area contributed by atoms with Gasteiger partial charge in [0.2, 0.25) is 5.36 Å². The molecule has 8 nitrogen and oxygen atoms in total. The van der Waals surface area contributed by atoms with E-state index in [4.69, 9.17) is 27.8 Å². The van der Waals surface area contributed by atoms with Crippen molar-refractivity contribution < 1.29 is 48.1 Å². The Balaban J connectivity index is 0.000000537. The fourth-order valence-corrected chi connectivity index (χ4v) is 2.53. The lowest BCUT2D eigenvalue weighted by Gasteiger charge is -2.17. The smallest absolute Gasteiger partial charge is 0.213 e. The minimum absolute atomic E-state index is 0.225. The number of nitrogens with one attached hydrogen (secondary N) is 1. The first-order valence-electron chi connectivity index (χ1n) is 8.66.